The first kappa shape index (κ1) is 29.3. The van der Waals surface area contributed by atoms with Crippen molar-refractivity contribution in [2.75, 3.05) is 0 Å². The lowest BCUT2D eigenvalue weighted by atomic mass is 9.91. The summed E-state index contributed by atoms with van der Waals surface area (Å²) in [6.07, 6.45) is 7.84. The van der Waals surface area contributed by atoms with Crippen molar-refractivity contribution in [3.05, 3.63) is 147 Å². The van der Waals surface area contributed by atoms with Gasteiger partial charge in [-0.15, -0.1) is 0 Å². The monoisotopic (exact) mass is 574 g/mol. The standard InChI is InChI=1S/C36H34N2O5/c1-2-25-7-11-29(12-8-25)24-42-33-6-4-3-5-30(33)18-15-27(10-9-26-13-21-32(22-14-26)35(39)40)23-28-16-19-31(20-17-28)34-37-36(41)43-38-34/h3-8,11-22,27H,2,9-10,23-24H2,1H3,(H,39,40)(H,37,38,41)/b18-15+. The van der Waals surface area contributed by atoms with Crippen molar-refractivity contribution < 1.29 is 19.2 Å². The van der Waals surface area contributed by atoms with Gasteiger partial charge in [-0.2, -0.15) is 0 Å². The predicted molar refractivity (Wildman–Crippen MR) is 167 cm³/mol. The van der Waals surface area contributed by atoms with Gasteiger partial charge in [0.1, 0.15) is 12.4 Å². The summed E-state index contributed by atoms with van der Waals surface area (Å²) in [6, 6.07) is 31.5. The van der Waals surface area contributed by atoms with Gasteiger partial charge in [0.05, 0.1) is 5.56 Å². The number of aromatic amines is 1. The Balaban J connectivity index is 1.31. The highest BCUT2D eigenvalue weighted by atomic mass is 16.5. The number of carboxylic acid groups (broad SMARTS) is 1. The number of aromatic carboxylic acids is 1. The van der Waals surface area contributed by atoms with Crippen molar-refractivity contribution in [1.29, 1.82) is 0 Å². The largest absolute Gasteiger partial charge is 0.488 e. The maximum absolute atomic E-state index is 11.3. The summed E-state index contributed by atoms with van der Waals surface area (Å²) in [5.74, 6) is -0.0850. The molecule has 7 nitrogen and oxygen atoms in total. The molecule has 0 saturated carbocycles. The smallest absolute Gasteiger partial charge is 0.439 e. The number of aryl methyl sites for hydroxylation is 2. The van der Waals surface area contributed by atoms with Crippen LogP contribution in [0.3, 0.4) is 0 Å². The average Bonchev–Trinajstić information content (AvgIpc) is 3.48. The number of aromatic nitrogens is 2. The number of ether oxygens (including phenoxy) is 1. The van der Waals surface area contributed by atoms with E-state index in [9.17, 15) is 14.7 Å². The molecule has 0 saturated heterocycles. The molecule has 5 rings (SSSR count). The van der Waals surface area contributed by atoms with Gasteiger partial charge in [-0.3, -0.25) is 9.51 Å². The van der Waals surface area contributed by atoms with Crippen LogP contribution in [0.4, 0.5) is 0 Å². The lowest BCUT2D eigenvalue weighted by molar-refractivity contribution is 0.0697. The van der Waals surface area contributed by atoms with Gasteiger partial charge in [0.25, 0.3) is 0 Å². The zero-order chi connectivity index (χ0) is 30.0. The van der Waals surface area contributed by atoms with E-state index in [1.807, 2.05) is 54.6 Å². The minimum atomic E-state index is -0.927. The molecule has 218 valence electrons. The maximum atomic E-state index is 11.3. The van der Waals surface area contributed by atoms with Crippen LogP contribution in [-0.4, -0.2) is 21.2 Å². The van der Waals surface area contributed by atoms with Gasteiger partial charge in [-0.1, -0.05) is 103 Å². The fourth-order valence-corrected chi connectivity index (χ4v) is 4.91. The van der Waals surface area contributed by atoms with Crippen LogP contribution in [0.5, 0.6) is 5.75 Å². The highest BCUT2D eigenvalue weighted by Gasteiger charge is 2.11. The number of nitrogens with one attached hydrogen (secondary N) is 1. The van der Waals surface area contributed by atoms with Gasteiger partial charge < -0.3 is 9.84 Å². The lowest BCUT2D eigenvalue weighted by Gasteiger charge is -2.15. The lowest BCUT2D eigenvalue weighted by Crippen LogP contribution is -2.04. The number of hydrogen-bond acceptors (Lipinski definition) is 5. The summed E-state index contributed by atoms with van der Waals surface area (Å²) < 4.78 is 10.9. The zero-order valence-electron chi connectivity index (χ0n) is 24.0. The summed E-state index contributed by atoms with van der Waals surface area (Å²) in [5.41, 5.74) is 6.73. The van der Waals surface area contributed by atoms with Crippen LogP contribution in [0.2, 0.25) is 0 Å². The number of allylic oxidation sites excluding steroid dienone is 1. The number of hydrogen-bond donors (Lipinski definition) is 2. The molecule has 0 fully saturated rings. The first-order valence-corrected chi connectivity index (χ1v) is 14.4. The molecule has 4 aromatic carbocycles. The van der Waals surface area contributed by atoms with E-state index in [1.165, 1.54) is 5.56 Å². The SMILES string of the molecule is CCc1ccc(COc2ccccc2/C=C/C(CCc2ccc(C(=O)O)cc2)Cc2ccc(-c3noc(=O)[nH]3)cc2)cc1. The second kappa shape index (κ2) is 14.1. The van der Waals surface area contributed by atoms with Crippen LogP contribution in [0, 0.1) is 5.92 Å². The Labute approximate surface area is 250 Å². The Kier molecular flexibility index (Phi) is 9.64. The third-order valence-corrected chi connectivity index (χ3v) is 7.46. The van der Waals surface area contributed by atoms with Gasteiger partial charge in [-0.25, -0.2) is 9.59 Å². The van der Waals surface area contributed by atoms with Crippen LogP contribution in [0.1, 0.15) is 51.5 Å². The fourth-order valence-electron chi connectivity index (χ4n) is 4.91. The number of H-pyrrole nitrogens is 1. The van der Waals surface area contributed by atoms with Gasteiger partial charge in [0.2, 0.25) is 0 Å². The summed E-state index contributed by atoms with van der Waals surface area (Å²) in [5, 5.41) is 13.0. The molecule has 0 amide bonds. The summed E-state index contributed by atoms with van der Waals surface area (Å²) in [4.78, 5) is 25.2. The molecule has 0 aliphatic rings. The zero-order valence-corrected chi connectivity index (χ0v) is 24.0. The van der Waals surface area contributed by atoms with Gasteiger partial charge >= 0.3 is 11.7 Å². The van der Waals surface area contributed by atoms with Crippen molar-refractivity contribution in [3.8, 4) is 17.1 Å². The van der Waals surface area contributed by atoms with E-state index in [-0.39, 0.29) is 11.5 Å². The van der Waals surface area contributed by atoms with Crippen LogP contribution in [0.15, 0.2) is 112 Å². The Hall–Kier alpha value is -5.17. The molecule has 2 N–H and O–H groups in total. The first-order chi connectivity index (χ1) is 21.0. The fraction of sp³-hybridized carbons (Fsp3) is 0.194. The number of rotatable bonds is 13. The molecule has 0 aliphatic heterocycles. The molecule has 0 aliphatic carbocycles. The summed E-state index contributed by atoms with van der Waals surface area (Å²) in [6.45, 7) is 2.64. The topological polar surface area (TPSA) is 105 Å². The molecule has 0 bridgehead atoms. The quantitative estimate of drug-likeness (QED) is 0.152. The number of nitrogens with zero attached hydrogens (tertiary/aromatic N) is 1. The normalized spacial score (nSPS) is 11.9. The van der Waals surface area contributed by atoms with E-state index in [0.29, 0.717) is 12.4 Å². The number of carboxylic acids is 1. The van der Waals surface area contributed by atoms with Crippen molar-refractivity contribution in [1.82, 2.24) is 10.1 Å². The van der Waals surface area contributed by atoms with Gasteiger partial charge in [0, 0.05) is 11.1 Å². The van der Waals surface area contributed by atoms with E-state index < -0.39 is 11.7 Å². The van der Waals surface area contributed by atoms with E-state index in [0.717, 1.165) is 59.3 Å². The molecular formula is C36H34N2O5. The second-order valence-corrected chi connectivity index (χ2v) is 10.5. The second-order valence-electron chi connectivity index (χ2n) is 10.5. The summed E-state index contributed by atoms with van der Waals surface area (Å²) in [7, 11) is 0. The van der Waals surface area contributed by atoms with Crippen LogP contribution >= 0.6 is 0 Å². The van der Waals surface area contributed by atoms with E-state index >= 15 is 0 Å². The van der Waals surface area contributed by atoms with Gasteiger partial charge in [0.15, 0.2) is 5.82 Å². The molecule has 0 radical (unpaired) electrons. The Morgan fingerprint density at radius 2 is 1.58 bits per heavy atom. The molecule has 1 unspecified atom stereocenters. The van der Waals surface area contributed by atoms with Crippen molar-refractivity contribution in [3.63, 3.8) is 0 Å². The predicted octanol–water partition coefficient (Wildman–Crippen LogP) is 7.37. The average molecular weight is 575 g/mol. The third-order valence-electron chi connectivity index (χ3n) is 7.46. The van der Waals surface area contributed by atoms with E-state index in [1.54, 1.807) is 12.1 Å². The van der Waals surface area contributed by atoms with Gasteiger partial charge in [-0.05, 0) is 72.1 Å². The minimum absolute atomic E-state index is 0.200. The Morgan fingerprint density at radius 1 is 0.907 bits per heavy atom. The van der Waals surface area contributed by atoms with E-state index in [4.69, 9.17) is 4.74 Å². The molecule has 43 heavy (non-hydrogen) atoms. The number of benzene rings is 4. The van der Waals surface area contributed by atoms with Crippen LogP contribution < -0.4 is 10.5 Å². The molecular weight excluding hydrogens is 540 g/mol. The highest BCUT2D eigenvalue weighted by molar-refractivity contribution is 5.87. The van der Waals surface area contributed by atoms with Crippen LogP contribution in [-0.2, 0) is 25.9 Å². The van der Waals surface area contributed by atoms with Crippen molar-refractivity contribution in [2.24, 2.45) is 5.92 Å². The molecule has 1 atom stereocenters. The molecule has 1 heterocycles. The molecule has 7 heteroatoms. The first-order valence-electron chi connectivity index (χ1n) is 14.4. The number of para-hydroxylation sites is 1. The van der Waals surface area contributed by atoms with Crippen molar-refractivity contribution in [2.45, 2.75) is 39.2 Å². The molecule has 0 spiro atoms. The summed E-state index contributed by atoms with van der Waals surface area (Å²) >= 11 is 0. The highest BCUT2D eigenvalue weighted by Crippen LogP contribution is 2.25. The van der Waals surface area contributed by atoms with Crippen LogP contribution in [0.25, 0.3) is 17.5 Å². The Morgan fingerprint density at radius 3 is 2.26 bits per heavy atom. The minimum Gasteiger partial charge on any atom is -0.488 e. The Bertz CT molecular complexity index is 1720. The van der Waals surface area contributed by atoms with Crippen molar-refractivity contribution >= 4 is 12.0 Å². The van der Waals surface area contributed by atoms with E-state index in [2.05, 4.69) is 64.1 Å². The third kappa shape index (κ3) is 8.20. The molecule has 5 aromatic rings. The number of carbonyl (C=O) groups is 1. The molecule has 1 aromatic heterocycles. The maximum Gasteiger partial charge on any atom is 0.439 e.